The quantitative estimate of drug-likeness (QED) is 0.196. The van der Waals surface area contributed by atoms with Gasteiger partial charge in [-0.15, -0.1) is 0 Å². The van der Waals surface area contributed by atoms with Gasteiger partial charge in [-0.2, -0.15) is 0 Å². The van der Waals surface area contributed by atoms with Crippen LogP contribution >= 0.6 is 0 Å². The zero-order valence-electron chi connectivity index (χ0n) is 26.9. The van der Waals surface area contributed by atoms with Gasteiger partial charge in [-0.1, -0.05) is 123 Å². The molecular weight excluding hydrogens is 590 g/mol. The van der Waals surface area contributed by atoms with E-state index in [1.54, 1.807) is 0 Å². The first-order valence-corrected chi connectivity index (χ1v) is 16.2. The Morgan fingerprint density at radius 3 is 1.81 bits per heavy atom. The third-order valence-corrected chi connectivity index (χ3v) is 9.51. The summed E-state index contributed by atoms with van der Waals surface area (Å²) in [6, 6.07) is 45.9. The number of aryl methyl sites for hydroxylation is 1. The van der Waals surface area contributed by atoms with Crippen molar-refractivity contribution in [1.29, 1.82) is 0 Å². The number of benzene rings is 6. The molecular formula is C43H31N3O2. The Hall–Kier alpha value is -6.07. The van der Waals surface area contributed by atoms with Crippen LogP contribution in [0.5, 0.6) is 23.0 Å². The number of ether oxygens (including phenoxy) is 2. The first-order chi connectivity index (χ1) is 23.4. The summed E-state index contributed by atoms with van der Waals surface area (Å²) in [5, 5.41) is 0. The molecule has 1 aliphatic heterocycles. The third kappa shape index (κ3) is 4.58. The van der Waals surface area contributed by atoms with Crippen LogP contribution in [0.2, 0.25) is 0 Å². The summed E-state index contributed by atoms with van der Waals surface area (Å²) in [5.41, 5.74) is 11.0. The van der Waals surface area contributed by atoms with Crippen LogP contribution in [0.25, 0.3) is 56.2 Å². The Labute approximate surface area is 279 Å². The van der Waals surface area contributed by atoms with Gasteiger partial charge in [-0.05, 0) is 75.7 Å². The van der Waals surface area contributed by atoms with Gasteiger partial charge in [0.05, 0.1) is 0 Å². The molecule has 0 fully saturated rings. The van der Waals surface area contributed by atoms with E-state index in [2.05, 4.69) is 105 Å². The first kappa shape index (κ1) is 28.2. The van der Waals surface area contributed by atoms with Crippen LogP contribution < -0.4 is 9.47 Å². The van der Waals surface area contributed by atoms with Crippen LogP contribution in [0.1, 0.15) is 30.8 Å². The zero-order valence-corrected chi connectivity index (χ0v) is 26.9. The smallest absolute Gasteiger partial charge is 0.170 e. The second kappa shape index (κ2) is 10.7. The lowest BCUT2D eigenvalue weighted by molar-refractivity contribution is 0.359. The number of rotatable bonds is 4. The highest BCUT2D eigenvalue weighted by Crippen LogP contribution is 2.55. The van der Waals surface area contributed by atoms with Gasteiger partial charge in [-0.3, -0.25) is 0 Å². The van der Waals surface area contributed by atoms with Crippen molar-refractivity contribution in [2.24, 2.45) is 0 Å². The molecule has 0 saturated carbocycles. The van der Waals surface area contributed by atoms with Crippen molar-refractivity contribution in [3.63, 3.8) is 0 Å². The first-order valence-electron chi connectivity index (χ1n) is 16.2. The minimum absolute atomic E-state index is 0.128. The lowest BCUT2D eigenvalue weighted by Gasteiger charge is -2.25. The van der Waals surface area contributed by atoms with E-state index in [9.17, 15) is 0 Å². The molecule has 5 nitrogen and oxygen atoms in total. The number of aromatic nitrogens is 3. The number of nitrogens with zero attached hydrogens (tertiary/aromatic N) is 3. The maximum absolute atomic E-state index is 6.57. The maximum atomic E-state index is 6.57. The molecule has 0 radical (unpaired) electrons. The molecule has 0 saturated heterocycles. The van der Waals surface area contributed by atoms with Crippen molar-refractivity contribution >= 4 is 0 Å². The Kier molecular flexibility index (Phi) is 6.31. The highest BCUT2D eigenvalue weighted by Gasteiger charge is 2.37. The maximum Gasteiger partial charge on any atom is 0.170 e. The highest BCUT2D eigenvalue weighted by molar-refractivity contribution is 5.85. The van der Waals surface area contributed by atoms with Gasteiger partial charge in [0.25, 0.3) is 0 Å². The summed E-state index contributed by atoms with van der Waals surface area (Å²) in [5.74, 6) is 4.74. The lowest BCUT2D eigenvalue weighted by Crippen LogP contribution is -2.15. The monoisotopic (exact) mass is 621 g/mol. The van der Waals surface area contributed by atoms with Crippen molar-refractivity contribution in [3.05, 3.63) is 150 Å². The van der Waals surface area contributed by atoms with Crippen molar-refractivity contribution in [1.82, 2.24) is 15.0 Å². The Morgan fingerprint density at radius 2 is 1.00 bits per heavy atom. The van der Waals surface area contributed by atoms with Gasteiger partial charge in [0.15, 0.2) is 34.6 Å². The molecule has 5 heteroatoms. The Bertz CT molecular complexity index is 2380. The molecule has 1 aliphatic carbocycles. The fraction of sp³-hybridized carbons (Fsp3) is 0.0930. The molecule has 0 bridgehead atoms. The molecule has 0 N–H and O–H groups in total. The third-order valence-electron chi connectivity index (χ3n) is 9.51. The summed E-state index contributed by atoms with van der Waals surface area (Å²) in [4.78, 5) is 14.5. The van der Waals surface area contributed by atoms with Crippen molar-refractivity contribution in [3.8, 4) is 79.2 Å². The number of fused-ring (bicyclic) bond motifs is 5. The summed E-state index contributed by atoms with van der Waals surface area (Å²) in [6.45, 7) is 6.45. The molecule has 2 heterocycles. The Balaban J connectivity index is 1.06. The SMILES string of the molecule is Cc1nc(-c2ccc(-c3ccccc3)cc2)nc(-c2ccccc2-c2ccc3c(c2)Oc2cc4c(cc2O3)-c2ccccc2C4(C)C)n1. The summed E-state index contributed by atoms with van der Waals surface area (Å²) < 4.78 is 13.0. The second-order valence-corrected chi connectivity index (χ2v) is 12.9. The van der Waals surface area contributed by atoms with Crippen molar-refractivity contribution < 1.29 is 9.47 Å². The average Bonchev–Trinajstić information content (AvgIpc) is 3.35. The molecule has 230 valence electrons. The van der Waals surface area contributed by atoms with E-state index in [0.717, 1.165) is 39.3 Å². The van der Waals surface area contributed by atoms with Crippen LogP contribution in [0.3, 0.4) is 0 Å². The molecule has 1 aromatic heterocycles. The molecule has 7 aromatic rings. The fourth-order valence-electron chi connectivity index (χ4n) is 7.05. The minimum Gasteiger partial charge on any atom is -0.449 e. The average molecular weight is 622 g/mol. The van der Waals surface area contributed by atoms with Gasteiger partial charge in [0, 0.05) is 16.5 Å². The van der Waals surface area contributed by atoms with Gasteiger partial charge < -0.3 is 9.47 Å². The normalized spacial score (nSPS) is 13.4. The summed E-state index contributed by atoms with van der Waals surface area (Å²) in [6.07, 6.45) is 0. The van der Waals surface area contributed by atoms with E-state index in [-0.39, 0.29) is 5.41 Å². The van der Waals surface area contributed by atoms with Crippen LogP contribution in [-0.2, 0) is 5.41 Å². The Morgan fingerprint density at radius 1 is 0.417 bits per heavy atom. The van der Waals surface area contributed by atoms with Crippen molar-refractivity contribution in [2.75, 3.05) is 0 Å². The summed E-state index contributed by atoms with van der Waals surface area (Å²) in [7, 11) is 0. The molecule has 0 atom stereocenters. The lowest BCUT2D eigenvalue weighted by atomic mass is 9.82. The van der Waals surface area contributed by atoms with E-state index in [1.807, 2.05) is 49.4 Å². The molecule has 6 aromatic carbocycles. The number of hydrogen-bond donors (Lipinski definition) is 0. The van der Waals surface area contributed by atoms with E-state index >= 15 is 0 Å². The zero-order chi connectivity index (χ0) is 32.4. The second-order valence-electron chi connectivity index (χ2n) is 12.9. The summed E-state index contributed by atoms with van der Waals surface area (Å²) >= 11 is 0. The molecule has 9 rings (SSSR count). The van der Waals surface area contributed by atoms with E-state index in [4.69, 9.17) is 24.4 Å². The molecule has 2 aliphatic rings. The molecule has 0 spiro atoms. The molecule has 0 amide bonds. The fourth-order valence-corrected chi connectivity index (χ4v) is 7.05. The van der Waals surface area contributed by atoms with E-state index in [0.29, 0.717) is 29.0 Å². The number of hydrogen-bond acceptors (Lipinski definition) is 5. The van der Waals surface area contributed by atoms with E-state index in [1.165, 1.54) is 27.8 Å². The predicted molar refractivity (Wildman–Crippen MR) is 190 cm³/mol. The van der Waals surface area contributed by atoms with Crippen LogP contribution in [0.4, 0.5) is 0 Å². The van der Waals surface area contributed by atoms with Gasteiger partial charge >= 0.3 is 0 Å². The van der Waals surface area contributed by atoms with Gasteiger partial charge in [0.1, 0.15) is 5.82 Å². The van der Waals surface area contributed by atoms with E-state index < -0.39 is 0 Å². The van der Waals surface area contributed by atoms with Crippen molar-refractivity contribution in [2.45, 2.75) is 26.2 Å². The topological polar surface area (TPSA) is 57.1 Å². The van der Waals surface area contributed by atoms with Crippen LogP contribution in [0, 0.1) is 6.92 Å². The highest BCUT2D eigenvalue weighted by atomic mass is 16.6. The van der Waals surface area contributed by atoms with Gasteiger partial charge in [0.2, 0.25) is 0 Å². The largest absolute Gasteiger partial charge is 0.449 e. The molecule has 0 unspecified atom stereocenters. The standard InChI is InChI=1S/C43H31N3O2/c1-26-44-41(29-19-17-28(18-20-29)27-11-5-4-6-12-27)46-42(45-26)33-15-8-7-13-31(33)30-21-22-37-38(23-30)48-40-25-36-34(24-39(40)47-37)32-14-9-10-16-35(32)43(36,2)3/h4-25H,1-3H3. The van der Waals surface area contributed by atoms with Gasteiger partial charge in [-0.25, -0.2) is 15.0 Å². The van der Waals surface area contributed by atoms with Crippen LogP contribution in [0.15, 0.2) is 133 Å². The minimum atomic E-state index is -0.128. The predicted octanol–water partition coefficient (Wildman–Crippen LogP) is 11.1. The van der Waals surface area contributed by atoms with Crippen LogP contribution in [-0.4, -0.2) is 15.0 Å². The molecule has 48 heavy (non-hydrogen) atoms.